The van der Waals surface area contributed by atoms with Gasteiger partial charge in [-0.25, -0.2) is 0 Å². The Bertz CT molecular complexity index is 218. The lowest BCUT2D eigenvalue weighted by Crippen LogP contribution is -2.43. The second-order valence-electron chi connectivity index (χ2n) is 5.02. The minimum atomic E-state index is -0.680. The van der Waals surface area contributed by atoms with Crippen molar-refractivity contribution in [1.29, 1.82) is 0 Å². The third-order valence-electron chi connectivity index (χ3n) is 3.76. The van der Waals surface area contributed by atoms with Crippen LogP contribution >= 0.6 is 0 Å². The summed E-state index contributed by atoms with van der Waals surface area (Å²) in [7, 11) is 0. The number of nitrogens with zero attached hydrogens (tertiary/aromatic N) is 1. The summed E-state index contributed by atoms with van der Waals surface area (Å²) in [5.74, 6) is 0.874. The number of hydrogen-bond acceptors (Lipinski definition) is 2. The van der Waals surface area contributed by atoms with Crippen molar-refractivity contribution in [2.75, 3.05) is 13.1 Å². The van der Waals surface area contributed by atoms with E-state index < -0.39 is 5.97 Å². The Morgan fingerprint density at radius 2 is 2.13 bits per heavy atom. The van der Waals surface area contributed by atoms with Gasteiger partial charge in [-0.05, 0) is 38.1 Å². The van der Waals surface area contributed by atoms with E-state index in [0.29, 0.717) is 12.5 Å². The van der Waals surface area contributed by atoms with E-state index in [2.05, 4.69) is 25.7 Å². The van der Waals surface area contributed by atoms with Gasteiger partial charge in [0.25, 0.3) is 0 Å². The van der Waals surface area contributed by atoms with E-state index in [0.717, 1.165) is 31.3 Å². The monoisotopic (exact) mass is 213 g/mol. The highest BCUT2D eigenvalue weighted by Gasteiger charge is 2.25. The summed E-state index contributed by atoms with van der Waals surface area (Å²) in [6.07, 6.45) is 2.32. The van der Waals surface area contributed by atoms with E-state index in [9.17, 15) is 4.79 Å². The van der Waals surface area contributed by atoms with Crippen molar-refractivity contribution in [3.05, 3.63) is 0 Å². The third kappa shape index (κ3) is 3.82. The minimum absolute atomic E-state index is 0.293. The summed E-state index contributed by atoms with van der Waals surface area (Å²) in [5.41, 5.74) is 0. The van der Waals surface area contributed by atoms with Crippen LogP contribution in [0.1, 0.15) is 40.0 Å². The number of likely N-dealkylation sites (tertiary alicyclic amines) is 1. The van der Waals surface area contributed by atoms with Crippen molar-refractivity contribution in [1.82, 2.24) is 4.90 Å². The van der Waals surface area contributed by atoms with Crippen LogP contribution in [-0.4, -0.2) is 35.1 Å². The van der Waals surface area contributed by atoms with Gasteiger partial charge in [0.1, 0.15) is 0 Å². The number of piperidine rings is 1. The van der Waals surface area contributed by atoms with Crippen LogP contribution in [0.5, 0.6) is 0 Å². The molecular formula is C12H23NO2. The highest BCUT2D eigenvalue weighted by atomic mass is 16.4. The van der Waals surface area contributed by atoms with Crippen molar-refractivity contribution in [2.45, 2.75) is 46.1 Å². The number of rotatable bonds is 4. The molecule has 0 bridgehead atoms. The molecule has 1 saturated heterocycles. The summed E-state index contributed by atoms with van der Waals surface area (Å²) in [6, 6.07) is 0.413. The van der Waals surface area contributed by atoms with E-state index in [-0.39, 0.29) is 0 Å². The first-order valence-electron chi connectivity index (χ1n) is 5.96. The highest BCUT2D eigenvalue weighted by Crippen LogP contribution is 2.24. The lowest BCUT2D eigenvalue weighted by Gasteiger charge is -2.38. The van der Waals surface area contributed by atoms with Crippen LogP contribution in [0.4, 0.5) is 0 Å². The zero-order valence-corrected chi connectivity index (χ0v) is 10.1. The minimum Gasteiger partial charge on any atom is -0.481 e. The van der Waals surface area contributed by atoms with Gasteiger partial charge < -0.3 is 10.0 Å². The molecule has 1 rings (SSSR count). The first-order valence-corrected chi connectivity index (χ1v) is 5.96. The molecule has 88 valence electrons. The molecule has 1 aliphatic rings. The largest absolute Gasteiger partial charge is 0.481 e. The molecule has 0 radical (unpaired) electrons. The van der Waals surface area contributed by atoms with Gasteiger partial charge in [0, 0.05) is 19.0 Å². The Morgan fingerprint density at radius 3 is 2.67 bits per heavy atom. The molecule has 0 amide bonds. The van der Waals surface area contributed by atoms with Crippen LogP contribution in [0.15, 0.2) is 0 Å². The average molecular weight is 213 g/mol. The molecule has 0 aromatic carbocycles. The molecule has 0 aromatic rings. The maximum Gasteiger partial charge on any atom is 0.303 e. The molecule has 0 spiro atoms. The summed E-state index contributed by atoms with van der Waals surface area (Å²) in [4.78, 5) is 12.9. The summed E-state index contributed by atoms with van der Waals surface area (Å²) in [5, 5.41) is 8.64. The van der Waals surface area contributed by atoms with Crippen LogP contribution in [0.25, 0.3) is 0 Å². The molecule has 0 aliphatic carbocycles. The SMILES string of the molecule is CC1CCN(C(C)CCC(=O)O)CC1C. The lowest BCUT2D eigenvalue weighted by molar-refractivity contribution is -0.137. The van der Waals surface area contributed by atoms with Crippen LogP contribution in [0.3, 0.4) is 0 Å². The molecule has 15 heavy (non-hydrogen) atoms. The predicted octanol–water partition coefficient (Wildman–Crippen LogP) is 2.22. The fourth-order valence-corrected chi connectivity index (χ4v) is 2.21. The number of carboxylic acids is 1. The predicted molar refractivity (Wildman–Crippen MR) is 60.8 cm³/mol. The van der Waals surface area contributed by atoms with Gasteiger partial charge in [0.05, 0.1) is 0 Å². The molecule has 0 saturated carbocycles. The van der Waals surface area contributed by atoms with Crippen LogP contribution in [-0.2, 0) is 4.79 Å². The van der Waals surface area contributed by atoms with E-state index in [1.165, 1.54) is 6.42 Å². The zero-order chi connectivity index (χ0) is 11.4. The van der Waals surface area contributed by atoms with E-state index >= 15 is 0 Å². The number of carbonyl (C=O) groups is 1. The second-order valence-corrected chi connectivity index (χ2v) is 5.02. The zero-order valence-electron chi connectivity index (χ0n) is 10.1. The lowest BCUT2D eigenvalue weighted by atomic mass is 9.88. The van der Waals surface area contributed by atoms with Crippen LogP contribution in [0.2, 0.25) is 0 Å². The third-order valence-corrected chi connectivity index (χ3v) is 3.76. The normalized spacial score (nSPS) is 30.1. The molecule has 1 heterocycles. The van der Waals surface area contributed by atoms with E-state index in [1.54, 1.807) is 0 Å². The first kappa shape index (κ1) is 12.5. The highest BCUT2D eigenvalue weighted by molar-refractivity contribution is 5.66. The summed E-state index contributed by atoms with van der Waals surface area (Å²) >= 11 is 0. The van der Waals surface area contributed by atoms with Crippen molar-refractivity contribution in [2.24, 2.45) is 11.8 Å². The Balaban J connectivity index is 2.33. The van der Waals surface area contributed by atoms with Crippen molar-refractivity contribution < 1.29 is 9.90 Å². The maximum atomic E-state index is 10.5. The molecular weight excluding hydrogens is 190 g/mol. The number of aliphatic carboxylic acids is 1. The summed E-state index contributed by atoms with van der Waals surface area (Å²) in [6.45, 7) is 9.00. The summed E-state index contributed by atoms with van der Waals surface area (Å²) < 4.78 is 0. The smallest absolute Gasteiger partial charge is 0.303 e. The van der Waals surface area contributed by atoms with Crippen molar-refractivity contribution in [3.8, 4) is 0 Å². The van der Waals surface area contributed by atoms with Gasteiger partial charge in [0.15, 0.2) is 0 Å². The van der Waals surface area contributed by atoms with Gasteiger partial charge in [-0.15, -0.1) is 0 Å². The van der Waals surface area contributed by atoms with Gasteiger partial charge in [0.2, 0.25) is 0 Å². The van der Waals surface area contributed by atoms with Crippen LogP contribution in [0, 0.1) is 11.8 Å². The Labute approximate surface area is 92.5 Å². The molecule has 3 unspecified atom stereocenters. The molecule has 0 aromatic heterocycles. The average Bonchev–Trinajstić information content (AvgIpc) is 2.18. The quantitative estimate of drug-likeness (QED) is 0.778. The first-order chi connectivity index (χ1) is 7.00. The number of carboxylic acid groups (broad SMARTS) is 1. The molecule has 1 fully saturated rings. The molecule has 3 atom stereocenters. The van der Waals surface area contributed by atoms with Gasteiger partial charge in [-0.2, -0.15) is 0 Å². The van der Waals surface area contributed by atoms with Gasteiger partial charge >= 0.3 is 5.97 Å². The fraction of sp³-hybridized carbons (Fsp3) is 0.917. The topological polar surface area (TPSA) is 40.5 Å². The Hall–Kier alpha value is -0.570. The van der Waals surface area contributed by atoms with Gasteiger partial charge in [-0.1, -0.05) is 13.8 Å². The van der Waals surface area contributed by atoms with Crippen LogP contribution < -0.4 is 0 Å². The maximum absolute atomic E-state index is 10.5. The molecule has 1 aliphatic heterocycles. The van der Waals surface area contributed by atoms with Gasteiger partial charge in [-0.3, -0.25) is 4.79 Å². The van der Waals surface area contributed by atoms with Crippen molar-refractivity contribution in [3.63, 3.8) is 0 Å². The van der Waals surface area contributed by atoms with E-state index in [4.69, 9.17) is 5.11 Å². The standard InChI is InChI=1S/C12H23NO2/c1-9-6-7-13(8-10(9)2)11(3)4-5-12(14)15/h9-11H,4-8H2,1-3H3,(H,14,15). The molecule has 1 N–H and O–H groups in total. The second kappa shape index (κ2) is 5.50. The molecule has 3 heteroatoms. The number of hydrogen-bond donors (Lipinski definition) is 1. The molecule has 3 nitrogen and oxygen atoms in total. The van der Waals surface area contributed by atoms with E-state index in [1.807, 2.05) is 0 Å². The fourth-order valence-electron chi connectivity index (χ4n) is 2.21. The Morgan fingerprint density at radius 1 is 1.47 bits per heavy atom. The Kier molecular flexibility index (Phi) is 4.58. The van der Waals surface area contributed by atoms with Crippen molar-refractivity contribution >= 4 is 5.97 Å².